The van der Waals surface area contributed by atoms with E-state index in [2.05, 4.69) is 27.2 Å². The Morgan fingerprint density at radius 1 is 1.26 bits per heavy atom. The highest BCUT2D eigenvalue weighted by Gasteiger charge is 2.18. The largest absolute Gasteiger partial charge is 0.383 e. The first-order chi connectivity index (χ1) is 13.2. The predicted molar refractivity (Wildman–Crippen MR) is 116 cm³/mol. The maximum atomic E-state index is 12.1. The van der Waals surface area contributed by atoms with Crippen LogP contribution in [0.25, 0.3) is 29.7 Å². The number of anilines is 1. The molecule has 5 nitrogen and oxygen atoms in total. The van der Waals surface area contributed by atoms with Gasteiger partial charge in [0.15, 0.2) is 0 Å². The molecule has 0 saturated carbocycles. The van der Waals surface area contributed by atoms with Crippen molar-refractivity contribution >= 4 is 69.8 Å². The molecule has 1 aliphatic rings. The minimum absolute atomic E-state index is 0.111. The summed E-state index contributed by atoms with van der Waals surface area (Å²) in [6, 6.07) is 4.40. The number of amides is 1. The van der Waals surface area contributed by atoms with E-state index in [0.29, 0.717) is 13.2 Å². The molecule has 1 saturated heterocycles. The predicted octanol–water partition coefficient (Wildman–Crippen LogP) is 4.80. The van der Waals surface area contributed by atoms with E-state index in [1.165, 1.54) is 36.6 Å². The van der Waals surface area contributed by atoms with E-state index in [0.717, 1.165) is 18.0 Å². The molecule has 140 valence electrons. The number of carbonyl (C=O) groups excluding carboxylic acids is 1. The van der Waals surface area contributed by atoms with Gasteiger partial charge in [0, 0.05) is 41.0 Å². The van der Waals surface area contributed by atoms with Gasteiger partial charge < -0.3 is 15.0 Å². The Labute approximate surface area is 169 Å². The fraction of sp³-hybridized carbons (Fsp3) is 0.368. The van der Waals surface area contributed by atoms with Crippen molar-refractivity contribution in [3.63, 3.8) is 0 Å². The molecule has 0 aromatic carbocycles. The Kier molecular flexibility index (Phi) is 5.45. The van der Waals surface area contributed by atoms with E-state index >= 15 is 0 Å². The van der Waals surface area contributed by atoms with Crippen LogP contribution in [-0.4, -0.2) is 39.3 Å². The second kappa shape index (κ2) is 7.98. The number of nitrogens with zero attached hydrogens (tertiary/aromatic N) is 2. The Balaban J connectivity index is 1.60. The van der Waals surface area contributed by atoms with Crippen LogP contribution in [0.15, 0.2) is 17.8 Å². The molecule has 4 heterocycles. The third kappa shape index (κ3) is 3.73. The maximum Gasteiger partial charge on any atom is 0.251 e. The first kappa shape index (κ1) is 18.4. The van der Waals surface area contributed by atoms with Crippen molar-refractivity contribution in [2.45, 2.75) is 12.8 Å². The highest BCUT2D eigenvalue weighted by atomic mass is 32.1. The summed E-state index contributed by atoms with van der Waals surface area (Å²) < 4.78 is 10.1. The molecule has 0 bridgehead atoms. The van der Waals surface area contributed by atoms with Crippen molar-refractivity contribution < 1.29 is 9.53 Å². The fourth-order valence-electron chi connectivity index (χ4n) is 3.15. The molecular weight excluding hydrogens is 398 g/mol. The van der Waals surface area contributed by atoms with Crippen LogP contribution in [0.1, 0.15) is 17.7 Å². The zero-order valence-corrected chi connectivity index (χ0v) is 17.4. The summed E-state index contributed by atoms with van der Waals surface area (Å²) in [5, 5.41) is 4.07. The van der Waals surface area contributed by atoms with Gasteiger partial charge in [0.1, 0.15) is 0 Å². The number of nitrogens with one attached hydrogen (secondary N) is 1. The number of carbonyl (C=O) groups is 1. The molecule has 4 rings (SSSR count). The van der Waals surface area contributed by atoms with E-state index in [9.17, 15) is 4.79 Å². The molecule has 3 aromatic rings. The SMILES string of the molecule is [C-]#[N+]/C(=C\c1cc2sc3cc(N4CCCC4)sc3c2s1)C(=O)NCCOC. The van der Waals surface area contributed by atoms with Crippen molar-refractivity contribution in [3.8, 4) is 0 Å². The molecule has 0 atom stereocenters. The Hall–Kier alpha value is -1.92. The van der Waals surface area contributed by atoms with Gasteiger partial charge in [-0.15, -0.1) is 34.0 Å². The van der Waals surface area contributed by atoms with E-state index < -0.39 is 0 Å². The lowest BCUT2D eigenvalue weighted by Gasteiger charge is -2.13. The third-order valence-corrected chi connectivity index (χ3v) is 8.25. The lowest BCUT2D eigenvalue weighted by Crippen LogP contribution is -2.27. The average molecular weight is 418 g/mol. The molecule has 8 heteroatoms. The monoisotopic (exact) mass is 417 g/mol. The van der Waals surface area contributed by atoms with E-state index in [1.807, 2.05) is 11.3 Å². The number of rotatable bonds is 6. The van der Waals surface area contributed by atoms with Gasteiger partial charge in [0.05, 0.1) is 27.6 Å². The van der Waals surface area contributed by atoms with Gasteiger partial charge in [-0.1, -0.05) is 0 Å². The molecule has 0 spiro atoms. The summed E-state index contributed by atoms with van der Waals surface area (Å²) in [6.45, 7) is 10.5. The lowest BCUT2D eigenvalue weighted by molar-refractivity contribution is -0.117. The summed E-state index contributed by atoms with van der Waals surface area (Å²) in [6.07, 6.45) is 4.24. The van der Waals surface area contributed by atoms with Crippen LogP contribution in [-0.2, 0) is 9.53 Å². The minimum Gasteiger partial charge on any atom is -0.383 e. The van der Waals surface area contributed by atoms with Crippen molar-refractivity contribution in [3.05, 3.63) is 34.1 Å². The quantitative estimate of drug-likeness (QED) is 0.356. The van der Waals surface area contributed by atoms with Gasteiger partial charge in [0.2, 0.25) is 5.91 Å². The van der Waals surface area contributed by atoms with E-state index in [1.54, 1.807) is 35.9 Å². The smallest absolute Gasteiger partial charge is 0.251 e. The van der Waals surface area contributed by atoms with Crippen molar-refractivity contribution in [2.75, 3.05) is 38.3 Å². The number of ether oxygens (including phenoxy) is 1. The second-order valence-electron chi connectivity index (χ2n) is 6.31. The van der Waals surface area contributed by atoms with Crippen LogP contribution in [0, 0.1) is 6.57 Å². The Morgan fingerprint density at radius 2 is 2.00 bits per heavy atom. The summed E-state index contributed by atoms with van der Waals surface area (Å²) in [7, 11) is 1.58. The second-order valence-corrected chi connectivity index (χ2v) is 9.50. The minimum atomic E-state index is -0.351. The standard InChI is InChI=1S/C19H19N3O2S3/c1-20-13(19(23)21-5-8-24-2)9-12-10-14-17(25-12)18-15(26-14)11-16(27-18)22-6-3-4-7-22/h9-11H,3-8H2,2H3,(H,21,23)/b13-9-. The summed E-state index contributed by atoms with van der Waals surface area (Å²) >= 11 is 5.31. The summed E-state index contributed by atoms with van der Waals surface area (Å²) in [5.74, 6) is -0.351. The van der Waals surface area contributed by atoms with Crippen LogP contribution in [0.3, 0.4) is 0 Å². The summed E-state index contributed by atoms with van der Waals surface area (Å²) in [4.78, 5) is 18.9. The fourth-order valence-corrected chi connectivity index (χ4v) is 7.16. The van der Waals surface area contributed by atoms with Crippen LogP contribution >= 0.6 is 34.0 Å². The molecule has 27 heavy (non-hydrogen) atoms. The zero-order valence-electron chi connectivity index (χ0n) is 14.9. The third-order valence-electron chi connectivity index (χ3n) is 4.47. The van der Waals surface area contributed by atoms with E-state index in [-0.39, 0.29) is 11.6 Å². The number of hydrogen-bond donors (Lipinski definition) is 1. The van der Waals surface area contributed by atoms with Crippen molar-refractivity contribution in [2.24, 2.45) is 0 Å². The van der Waals surface area contributed by atoms with Gasteiger partial charge in [-0.2, -0.15) is 0 Å². The molecule has 1 aliphatic heterocycles. The molecule has 1 amide bonds. The van der Waals surface area contributed by atoms with E-state index in [4.69, 9.17) is 11.3 Å². The number of fused-ring (bicyclic) bond motifs is 3. The zero-order chi connectivity index (χ0) is 18.8. The molecule has 0 unspecified atom stereocenters. The van der Waals surface area contributed by atoms with Gasteiger partial charge in [-0.25, -0.2) is 4.85 Å². The molecule has 0 radical (unpaired) electrons. The highest BCUT2D eigenvalue weighted by molar-refractivity contribution is 7.39. The molecular formula is C19H19N3O2S3. The summed E-state index contributed by atoms with van der Waals surface area (Å²) in [5.41, 5.74) is 0.111. The van der Waals surface area contributed by atoms with Crippen LogP contribution in [0.4, 0.5) is 5.00 Å². The first-order valence-electron chi connectivity index (χ1n) is 8.76. The molecule has 1 fully saturated rings. The number of methoxy groups -OCH3 is 1. The highest BCUT2D eigenvalue weighted by Crippen LogP contribution is 2.46. The molecule has 3 aromatic heterocycles. The van der Waals surface area contributed by atoms with Gasteiger partial charge >= 0.3 is 0 Å². The topological polar surface area (TPSA) is 45.9 Å². The molecule has 0 aliphatic carbocycles. The van der Waals surface area contributed by atoms with Crippen LogP contribution < -0.4 is 10.2 Å². The molecule has 1 N–H and O–H groups in total. The van der Waals surface area contributed by atoms with Gasteiger partial charge in [-0.05, 0) is 31.1 Å². The maximum absolute atomic E-state index is 12.1. The number of hydrogen-bond acceptors (Lipinski definition) is 6. The van der Waals surface area contributed by atoms with Gasteiger partial charge in [0.25, 0.3) is 5.70 Å². The normalized spacial score (nSPS) is 15.0. The average Bonchev–Trinajstić information content (AvgIpc) is 3.41. The van der Waals surface area contributed by atoms with Crippen molar-refractivity contribution in [1.82, 2.24) is 5.32 Å². The van der Waals surface area contributed by atoms with Crippen LogP contribution in [0.2, 0.25) is 0 Å². The van der Waals surface area contributed by atoms with Crippen LogP contribution in [0.5, 0.6) is 0 Å². The lowest BCUT2D eigenvalue weighted by atomic mass is 10.3. The van der Waals surface area contributed by atoms with Gasteiger partial charge in [-0.3, -0.25) is 4.79 Å². The number of thiophene rings is 3. The Bertz CT molecular complexity index is 1050. The van der Waals surface area contributed by atoms with Crippen molar-refractivity contribution in [1.29, 1.82) is 0 Å². The Morgan fingerprint density at radius 3 is 2.74 bits per heavy atom. The first-order valence-corrected chi connectivity index (χ1v) is 11.2.